The molecule has 0 N–H and O–H groups in total. The lowest BCUT2D eigenvalue weighted by atomic mass is 9.96. The van der Waals surface area contributed by atoms with Gasteiger partial charge in [-0.15, -0.1) is 0 Å². The Morgan fingerprint density at radius 2 is 1.52 bits per heavy atom. The van der Waals surface area contributed by atoms with Crippen LogP contribution >= 0.6 is 0 Å². The van der Waals surface area contributed by atoms with Gasteiger partial charge in [0.1, 0.15) is 0 Å². The number of hydrogen-bond acceptors (Lipinski definition) is 0. The van der Waals surface area contributed by atoms with Gasteiger partial charge in [-0.2, -0.15) is 0 Å². The molecule has 0 heterocycles. The first-order valence-corrected chi connectivity index (χ1v) is 7.68. The van der Waals surface area contributed by atoms with Crippen molar-refractivity contribution >= 4 is 21.5 Å². The first-order chi connectivity index (χ1) is 10.4. The van der Waals surface area contributed by atoms with Crippen LogP contribution in [0, 0.1) is 12.3 Å². The molecule has 1 radical (unpaired) electrons. The van der Waals surface area contributed by atoms with Crippen molar-refractivity contribution < 1.29 is 0 Å². The van der Waals surface area contributed by atoms with Gasteiger partial charge >= 0.3 is 0 Å². The molecule has 0 saturated carbocycles. The molecule has 0 atom stereocenters. The fraction of sp³-hybridized carbons (Fsp3) is 0.238. The molecule has 0 unspecified atom stereocenters. The summed E-state index contributed by atoms with van der Waals surface area (Å²) in [7, 11) is 0. The molecule has 0 heteroatoms. The van der Waals surface area contributed by atoms with Crippen LogP contribution in [-0.4, -0.2) is 0 Å². The number of fused-ring (bicyclic) bond motifs is 2. The van der Waals surface area contributed by atoms with E-state index in [0.717, 1.165) is 19.3 Å². The molecule has 0 aliphatic carbocycles. The zero-order chi connectivity index (χ0) is 14.5. The van der Waals surface area contributed by atoms with Gasteiger partial charge in [-0.1, -0.05) is 54.8 Å². The van der Waals surface area contributed by atoms with Crippen molar-refractivity contribution in [3.8, 4) is 5.92 Å². The highest BCUT2D eigenvalue weighted by atomic mass is 14.1. The summed E-state index contributed by atoms with van der Waals surface area (Å²) in [6.45, 7) is 0. The summed E-state index contributed by atoms with van der Waals surface area (Å²) in [6, 6.07) is 19.8. The third kappa shape index (κ3) is 3.09. The normalized spacial score (nSPS) is 10.8. The molecule has 0 aliphatic rings. The van der Waals surface area contributed by atoms with Crippen molar-refractivity contribution in [2.45, 2.75) is 32.1 Å². The van der Waals surface area contributed by atoms with E-state index >= 15 is 0 Å². The highest BCUT2D eigenvalue weighted by molar-refractivity contribution is 5.99. The van der Waals surface area contributed by atoms with E-state index in [2.05, 4.69) is 60.5 Å². The van der Waals surface area contributed by atoms with E-state index in [1.807, 2.05) is 0 Å². The van der Waals surface area contributed by atoms with E-state index in [-0.39, 0.29) is 0 Å². The van der Waals surface area contributed by atoms with Crippen LogP contribution in [0.25, 0.3) is 21.5 Å². The van der Waals surface area contributed by atoms with Crippen molar-refractivity contribution in [1.29, 1.82) is 0 Å². The van der Waals surface area contributed by atoms with Crippen LogP contribution in [0.4, 0.5) is 0 Å². The monoisotopic (exact) mass is 271 g/mol. The second-order valence-electron chi connectivity index (χ2n) is 5.58. The largest absolute Gasteiger partial charge is 0.0891 e. The van der Waals surface area contributed by atoms with Crippen molar-refractivity contribution in [2.24, 2.45) is 0 Å². The third-order valence-corrected chi connectivity index (χ3v) is 4.08. The van der Waals surface area contributed by atoms with Crippen molar-refractivity contribution in [1.82, 2.24) is 0 Å². The second kappa shape index (κ2) is 6.46. The van der Waals surface area contributed by atoms with Crippen LogP contribution in [0.15, 0.2) is 54.6 Å². The fourth-order valence-electron chi connectivity index (χ4n) is 2.96. The molecule has 3 aromatic rings. The molecule has 103 valence electrons. The van der Waals surface area contributed by atoms with Gasteiger partial charge in [0.15, 0.2) is 0 Å². The summed E-state index contributed by atoms with van der Waals surface area (Å²) in [5, 5.41) is 5.34. The highest BCUT2D eigenvalue weighted by Gasteiger charge is 2.03. The van der Waals surface area contributed by atoms with Crippen LogP contribution in [0.3, 0.4) is 0 Å². The number of rotatable bonds is 5. The lowest BCUT2D eigenvalue weighted by Crippen LogP contribution is -1.88. The maximum atomic E-state index is 6.94. The van der Waals surface area contributed by atoms with Gasteiger partial charge in [-0.25, -0.2) is 0 Å². The predicted octanol–water partition coefficient (Wildman–Crippen LogP) is 5.69. The molecule has 21 heavy (non-hydrogen) atoms. The minimum absolute atomic E-state index is 0.792. The molecule has 0 saturated heterocycles. The van der Waals surface area contributed by atoms with Crippen LogP contribution < -0.4 is 0 Å². The van der Waals surface area contributed by atoms with Crippen LogP contribution in [0.1, 0.15) is 31.2 Å². The van der Waals surface area contributed by atoms with Gasteiger partial charge in [-0.05, 0) is 64.9 Å². The Bertz CT molecular complexity index is 790. The maximum absolute atomic E-state index is 6.94. The van der Waals surface area contributed by atoms with Crippen LogP contribution in [0.5, 0.6) is 0 Å². The van der Waals surface area contributed by atoms with Crippen molar-refractivity contribution in [2.75, 3.05) is 0 Å². The standard InChI is InChI=1S/C21H19/c1-2-3-4-5-6-10-17-13-9-14-20-15-18-11-7-8-12-19(18)16-21(17)20/h7-9,11-16H,3-6,10H2. The van der Waals surface area contributed by atoms with E-state index in [9.17, 15) is 0 Å². The Hall–Kier alpha value is -2.26. The molecule has 3 aromatic carbocycles. The van der Waals surface area contributed by atoms with E-state index in [4.69, 9.17) is 6.42 Å². The Balaban J connectivity index is 1.88. The average molecular weight is 271 g/mol. The van der Waals surface area contributed by atoms with Gasteiger partial charge in [-0.3, -0.25) is 0 Å². The first kappa shape index (κ1) is 13.7. The van der Waals surface area contributed by atoms with Crippen molar-refractivity contribution in [3.05, 3.63) is 66.6 Å². The molecule has 0 bridgehead atoms. The Morgan fingerprint density at radius 1 is 0.762 bits per heavy atom. The molecular formula is C21H19. The fourth-order valence-corrected chi connectivity index (χ4v) is 2.96. The molecule has 0 spiro atoms. The van der Waals surface area contributed by atoms with Gasteiger partial charge in [0.2, 0.25) is 0 Å². The Kier molecular flexibility index (Phi) is 4.22. The summed E-state index contributed by atoms with van der Waals surface area (Å²) in [6.07, 6.45) is 12.3. The van der Waals surface area contributed by atoms with Crippen LogP contribution in [0.2, 0.25) is 0 Å². The van der Waals surface area contributed by atoms with Gasteiger partial charge in [0, 0.05) is 6.42 Å². The molecule has 0 amide bonds. The molecule has 0 aliphatic heterocycles. The summed E-state index contributed by atoms with van der Waals surface area (Å²) in [5.74, 6) is 2.47. The van der Waals surface area contributed by atoms with Gasteiger partial charge < -0.3 is 0 Å². The van der Waals surface area contributed by atoms with E-state index in [1.54, 1.807) is 0 Å². The average Bonchev–Trinajstić information content (AvgIpc) is 2.53. The van der Waals surface area contributed by atoms with Crippen LogP contribution in [-0.2, 0) is 6.42 Å². The zero-order valence-electron chi connectivity index (χ0n) is 12.2. The van der Waals surface area contributed by atoms with E-state index in [0.29, 0.717) is 0 Å². The van der Waals surface area contributed by atoms with E-state index in [1.165, 1.54) is 39.9 Å². The number of aryl methyl sites for hydroxylation is 1. The topological polar surface area (TPSA) is 0 Å². The second-order valence-corrected chi connectivity index (χ2v) is 5.58. The summed E-state index contributed by atoms with van der Waals surface area (Å²) in [4.78, 5) is 0. The summed E-state index contributed by atoms with van der Waals surface area (Å²) in [5.41, 5.74) is 1.44. The highest BCUT2D eigenvalue weighted by Crippen LogP contribution is 2.26. The predicted molar refractivity (Wildman–Crippen MR) is 90.8 cm³/mol. The summed E-state index contributed by atoms with van der Waals surface area (Å²) >= 11 is 0. The zero-order valence-corrected chi connectivity index (χ0v) is 12.2. The third-order valence-electron chi connectivity index (χ3n) is 4.08. The Morgan fingerprint density at radius 3 is 2.33 bits per heavy atom. The maximum Gasteiger partial charge on any atom is 0.00989 e. The molecule has 0 nitrogen and oxygen atoms in total. The number of hydrogen-bond donors (Lipinski definition) is 0. The lowest BCUT2D eigenvalue weighted by molar-refractivity contribution is 0.694. The molecule has 0 aromatic heterocycles. The number of unbranched alkanes of at least 4 members (excludes halogenated alkanes) is 3. The smallest absolute Gasteiger partial charge is 0.00989 e. The van der Waals surface area contributed by atoms with E-state index < -0.39 is 0 Å². The minimum Gasteiger partial charge on any atom is -0.0891 e. The molecule has 3 rings (SSSR count). The van der Waals surface area contributed by atoms with Gasteiger partial charge in [0.25, 0.3) is 0 Å². The summed E-state index contributed by atoms with van der Waals surface area (Å²) < 4.78 is 0. The van der Waals surface area contributed by atoms with Crippen molar-refractivity contribution in [3.63, 3.8) is 0 Å². The quantitative estimate of drug-likeness (QED) is 0.318. The Labute approximate surface area is 126 Å². The molecular weight excluding hydrogens is 252 g/mol. The lowest BCUT2D eigenvalue weighted by Gasteiger charge is -2.08. The van der Waals surface area contributed by atoms with Gasteiger partial charge in [0.05, 0.1) is 0 Å². The minimum atomic E-state index is 0.792. The SMILES string of the molecule is [C]#CCCCCCc1cccc2cc3ccccc3cc12. The first-order valence-electron chi connectivity index (χ1n) is 7.68. The number of benzene rings is 3. The molecule has 0 fully saturated rings.